The van der Waals surface area contributed by atoms with Gasteiger partial charge in [0.05, 0.1) is 22.8 Å². The predicted octanol–water partition coefficient (Wildman–Crippen LogP) is 1.68. The molecule has 5 nitrogen and oxygen atoms in total. The Morgan fingerprint density at radius 1 is 1.37 bits per heavy atom. The van der Waals surface area contributed by atoms with Gasteiger partial charge in [-0.1, -0.05) is 12.1 Å². The van der Waals surface area contributed by atoms with Gasteiger partial charge in [0.15, 0.2) is 0 Å². The van der Waals surface area contributed by atoms with Gasteiger partial charge >= 0.3 is 5.97 Å². The minimum absolute atomic E-state index is 0.00942. The van der Waals surface area contributed by atoms with Crippen molar-refractivity contribution in [2.45, 2.75) is 31.9 Å². The first-order valence-corrected chi connectivity index (χ1v) is 6.20. The van der Waals surface area contributed by atoms with Crippen molar-refractivity contribution in [3.05, 3.63) is 35.4 Å². The average molecular weight is 263 g/mol. The van der Waals surface area contributed by atoms with Crippen molar-refractivity contribution >= 4 is 11.9 Å². The number of nitrogens with one attached hydrogen (secondary N) is 1. The van der Waals surface area contributed by atoms with Crippen LogP contribution in [0.4, 0.5) is 0 Å². The van der Waals surface area contributed by atoms with E-state index in [1.165, 1.54) is 12.1 Å². The Kier molecular flexibility index (Phi) is 3.57. The van der Waals surface area contributed by atoms with Crippen molar-refractivity contribution in [2.24, 2.45) is 0 Å². The lowest BCUT2D eigenvalue weighted by Gasteiger charge is -2.29. The quantitative estimate of drug-likeness (QED) is 0.870. The molecule has 1 aliphatic rings. The fourth-order valence-electron chi connectivity index (χ4n) is 2.19. The Hall–Kier alpha value is -1.88. The summed E-state index contributed by atoms with van der Waals surface area (Å²) in [4.78, 5) is 23.3. The van der Waals surface area contributed by atoms with E-state index in [0.717, 1.165) is 6.42 Å². The van der Waals surface area contributed by atoms with Crippen LogP contribution in [0.5, 0.6) is 0 Å². The van der Waals surface area contributed by atoms with Crippen LogP contribution < -0.4 is 5.32 Å². The van der Waals surface area contributed by atoms with Crippen LogP contribution in [0, 0.1) is 0 Å². The van der Waals surface area contributed by atoms with Gasteiger partial charge in [-0.05, 0) is 32.4 Å². The standard InChI is InChI=1S/C14H17NO4/c1-9-14(2,7-8-19-9)15-12(16)10-5-3-4-6-11(10)13(17)18/h3-6,9H,7-8H2,1-2H3,(H,15,16)(H,17,18). The number of benzene rings is 1. The van der Waals surface area contributed by atoms with Crippen LogP contribution >= 0.6 is 0 Å². The Balaban J connectivity index is 2.23. The minimum atomic E-state index is -1.10. The number of carboxylic acids is 1. The van der Waals surface area contributed by atoms with Crippen LogP contribution in [0.3, 0.4) is 0 Å². The average Bonchev–Trinajstić information content (AvgIpc) is 2.69. The summed E-state index contributed by atoms with van der Waals surface area (Å²) in [6.07, 6.45) is 0.628. The maximum atomic E-state index is 12.2. The molecule has 2 N–H and O–H groups in total. The molecule has 2 rings (SSSR count). The highest BCUT2D eigenvalue weighted by atomic mass is 16.5. The molecule has 1 fully saturated rings. The summed E-state index contributed by atoms with van der Waals surface area (Å²) < 4.78 is 5.45. The van der Waals surface area contributed by atoms with E-state index < -0.39 is 11.5 Å². The zero-order valence-electron chi connectivity index (χ0n) is 11.0. The van der Waals surface area contributed by atoms with Crippen LogP contribution in [-0.2, 0) is 4.74 Å². The van der Waals surface area contributed by atoms with Crippen LogP contribution in [-0.4, -0.2) is 35.2 Å². The molecule has 2 unspecified atom stereocenters. The second-order valence-electron chi connectivity index (χ2n) is 4.99. The number of rotatable bonds is 3. The van der Waals surface area contributed by atoms with Crippen LogP contribution in [0.1, 0.15) is 41.0 Å². The second kappa shape index (κ2) is 5.01. The lowest BCUT2D eigenvalue weighted by molar-refractivity contribution is 0.0677. The molecule has 1 saturated heterocycles. The summed E-state index contributed by atoms with van der Waals surface area (Å²) in [5.74, 6) is -1.48. The van der Waals surface area contributed by atoms with E-state index in [-0.39, 0.29) is 23.1 Å². The van der Waals surface area contributed by atoms with Crippen LogP contribution in [0.2, 0.25) is 0 Å². The molecule has 0 radical (unpaired) electrons. The molecule has 0 bridgehead atoms. The number of hydrogen-bond donors (Lipinski definition) is 2. The van der Waals surface area contributed by atoms with Gasteiger partial charge in [0.25, 0.3) is 5.91 Å². The summed E-state index contributed by atoms with van der Waals surface area (Å²) in [5, 5.41) is 12.0. The van der Waals surface area contributed by atoms with Crippen LogP contribution in [0.15, 0.2) is 24.3 Å². The number of carboxylic acid groups (broad SMARTS) is 1. The van der Waals surface area contributed by atoms with Gasteiger partial charge in [-0.2, -0.15) is 0 Å². The maximum absolute atomic E-state index is 12.2. The molecule has 102 valence electrons. The van der Waals surface area contributed by atoms with Crippen molar-refractivity contribution in [3.8, 4) is 0 Å². The van der Waals surface area contributed by atoms with Crippen LogP contribution in [0.25, 0.3) is 0 Å². The molecular formula is C14H17NO4. The van der Waals surface area contributed by atoms with E-state index in [0.29, 0.717) is 6.61 Å². The number of ether oxygens (including phenoxy) is 1. The summed E-state index contributed by atoms with van der Waals surface area (Å²) in [7, 11) is 0. The van der Waals surface area contributed by atoms with E-state index in [1.54, 1.807) is 12.1 Å². The topological polar surface area (TPSA) is 75.6 Å². The van der Waals surface area contributed by atoms with Crippen molar-refractivity contribution in [3.63, 3.8) is 0 Å². The summed E-state index contributed by atoms with van der Waals surface area (Å²) in [5.41, 5.74) is -0.270. The third-order valence-electron chi connectivity index (χ3n) is 3.69. The lowest BCUT2D eigenvalue weighted by atomic mass is 9.93. The molecule has 19 heavy (non-hydrogen) atoms. The molecule has 2 atom stereocenters. The van der Waals surface area contributed by atoms with E-state index in [4.69, 9.17) is 9.84 Å². The SMILES string of the molecule is CC1OCCC1(C)NC(=O)c1ccccc1C(=O)O. The van der Waals surface area contributed by atoms with E-state index in [1.807, 2.05) is 13.8 Å². The minimum Gasteiger partial charge on any atom is -0.478 e. The summed E-state index contributed by atoms with van der Waals surface area (Å²) in [6.45, 7) is 4.40. The van der Waals surface area contributed by atoms with Gasteiger partial charge < -0.3 is 15.2 Å². The lowest BCUT2D eigenvalue weighted by Crippen LogP contribution is -2.50. The van der Waals surface area contributed by atoms with Gasteiger partial charge in [0.1, 0.15) is 0 Å². The normalized spacial score (nSPS) is 26.1. The number of carbonyl (C=O) groups excluding carboxylic acids is 1. The number of hydrogen-bond acceptors (Lipinski definition) is 3. The number of amides is 1. The van der Waals surface area contributed by atoms with Gasteiger partial charge in [-0.3, -0.25) is 4.79 Å². The molecule has 1 amide bonds. The third kappa shape index (κ3) is 2.61. The molecule has 1 aromatic carbocycles. The Labute approximate surface area is 111 Å². The Morgan fingerprint density at radius 3 is 2.53 bits per heavy atom. The van der Waals surface area contributed by atoms with Gasteiger partial charge in [0, 0.05) is 6.61 Å². The monoisotopic (exact) mass is 263 g/mol. The van der Waals surface area contributed by atoms with E-state index >= 15 is 0 Å². The van der Waals surface area contributed by atoms with Crippen molar-refractivity contribution < 1.29 is 19.4 Å². The second-order valence-corrected chi connectivity index (χ2v) is 4.99. The molecule has 0 spiro atoms. The molecule has 0 aromatic heterocycles. The van der Waals surface area contributed by atoms with Crippen molar-refractivity contribution in [2.75, 3.05) is 6.61 Å². The molecular weight excluding hydrogens is 246 g/mol. The first-order valence-electron chi connectivity index (χ1n) is 6.20. The molecule has 0 saturated carbocycles. The highest BCUT2D eigenvalue weighted by Crippen LogP contribution is 2.25. The van der Waals surface area contributed by atoms with E-state index in [2.05, 4.69) is 5.32 Å². The highest BCUT2D eigenvalue weighted by Gasteiger charge is 2.38. The summed E-state index contributed by atoms with van der Waals surface area (Å²) >= 11 is 0. The van der Waals surface area contributed by atoms with Gasteiger partial charge in [0.2, 0.25) is 0 Å². The van der Waals surface area contributed by atoms with E-state index in [9.17, 15) is 9.59 Å². The number of aromatic carboxylic acids is 1. The summed E-state index contributed by atoms with van der Waals surface area (Å²) in [6, 6.07) is 6.19. The molecule has 1 heterocycles. The molecule has 1 aliphatic heterocycles. The predicted molar refractivity (Wildman–Crippen MR) is 69.3 cm³/mol. The number of carbonyl (C=O) groups is 2. The zero-order chi connectivity index (χ0) is 14.0. The zero-order valence-corrected chi connectivity index (χ0v) is 11.0. The first kappa shape index (κ1) is 13.5. The Morgan fingerprint density at radius 2 is 2.00 bits per heavy atom. The fourth-order valence-corrected chi connectivity index (χ4v) is 2.19. The molecule has 0 aliphatic carbocycles. The first-order chi connectivity index (χ1) is 8.94. The highest BCUT2D eigenvalue weighted by molar-refractivity contribution is 6.05. The van der Waals surface area contributed by atoms with Gasteiger partial charge in [-0.15, -0.1) is 0 Å². The van der Waals surface area contributed by atoms with Gasteiger partial charge in [-0.25, -0.2) is 4.79 Å². The largest absolute Gasteiger partial charge is 0.478 e. The smallest absolute Gasteiger partial charge is 0.336 e. The van der Waals surface area contributed by atoms with Crippen molar-refractivity contribution in [1.29, 1.82) is 0 Å². The Bertz CT molecular complexity index is 514. The maximum Gasteiger partial charge on any atom is 0.336 e. The van der Waals surface area contributed by atoms with Crippen molar-refractivity contribution in [1.82, 2.24) is 5.32 Å². The fraction of sp³-hybridized carbons (Fsp3) is 0.429. The molecule has 1 aromatic rings. The molecule has 5 heteroatoms. The third-order valence-corrected chi connectivity index (χ3v) is 3.69.